The van der Waals surface area contributed by atoms with Crippen LogP contribution in [0, 0.1) is 0 Å². The van der Waals surface area contributed by atoms with E-state index >= 15 is 0 Å². The summed E-state index contributed by atoms with van der Waals surface area (Å²) in [6, 6.07) is 59.6. The molecule has 0 aliphatic heterocycles. The van der Waals surface area contributed by atoms with Gasteiger partial charge < -0.3 is 25.5 Å². The lowest BCUT2D eigenvalue weighted by atomic mass is 9.78. The number of aliphatic hydroxyl groups excluding tert-OH is 3. The van der Waals surface area contributed by atoms with Crippen LogP contribution in [0.25, 0.3) is 48.7 Å². The van der Waals surface area contributed by atoms with Gasteiger partial charge in [0.1, 0.15) is 28.8 Å². The van der Waals surface area contributed by atoms with E-state index in [9.17, 15) is 30.3 Å². The number of aliphatic hydroxyl groups is 3. The highest BCUT2D eigenvalue weighted by Gasteiger charge is 2.43. The molecule has 0 bridgehead atoms. The summed E-state index contributed by atoms with van der Waals surface area (Å²) in [4.78, 5) is 14.1. The third-order valence-corrected chi connectivity index (χ3v) is 14.4. The molecule has 5 N–H and O–H groups in total. The van der Waals surface area contributed by atoms with Gasteiger partial charge in [0.15, 0.2) is 0 Å². The van der Waals surface area contributed by atoms with E-state index in [-0.39, 0.29) is 22.3 Å². The molecular weight excluding hydrogens is 814 g/mol. The summed E-state index contributed by atoms with van der Waals surface area (Å²) in [5.41, 5.74) is 0.760. The number of hydrogen-bond acceptors (Lipinski definition) is 6. The standard InChI is InChI=1S/C56H36NO6P/c58-47-29-43(57(41-21-17-33-9-1-5-13-37(33)25-41)42-22-18-34-10-2-6-14-38(34)26-42)30-48(59)51(47)53-55(62)54(56(53)63)52-49(60)31-46(32-50(52)61)64(44-23-19-35-11-3-7-15-39(35)27-44)45-24-20-36-12-4-8-16-40(36)28-45/h1-32H,(H4,58,59,60,61,62,63)/p+1. The highest BCUT2D eigenvalue weighted by molar-refractivity contribution is 7.79. The third kappa shape index (κ3) is 6.49. The summed E-state index contributed by atoms with van der Waals surface area (Å²) in [6.07, 6.45) is 2.88. The Morgan fingerprint density at radius 1 is 0.375 bits per heavy atom. The van der Waals surface area contributed by atoms with Crippen molar-refractivity contribution in [2.24, 2.45) is 0 Å². The summed E-state index contributed by atoms with van der Waals surface area (Å²) in [7, 11) is -1.34. The number of nitrogens with zero attached hydrogens (tertiary/aromatic N) is 1. The SMILES string of the molecule is O=C1C(=C2C(O)=CC(=[N+](c3ccc4ccccc4c3)c3ccc4ccccc4c3)C=C2O)C(O)=C1c1c(O)cc(P(c2ccc3ccccc3c2)c2ccc3ccccc3c2)cc1O. The minimum Gasteiger partial charge on any atom is -0.507 e. The van der Waals surface area contributed by atoms with Crippen LogP contribution in [0.3, 0.4) is 0 Å². The van der Waals surface area contributed by atoms with Crippen LogP contribution in [-0.4, -0.2) is 37.0 Å². The molecule has 0 radical (unpaired) electrons. The number of rotatable bonds is 6. The Hall–Kier alpha value is -8.25. The first-order chi connectivity index (χ1) is 31.2. The van der Waals surface area contributed by atoms with Crippen LogP contribution in [0.1, 0.15) is 5.56 Å². The van der Waals surface area contributed by atoms with Gasteiger partial charge in [0.2, 0.25) is 22.9 Å². The Labute approximate surface area is 368 Å². The normalized spacial score (nSPS) is 14.1. The monoisotopic (exact) mass is 850 g/mol. The first-order valence-corrected chi connectivity index (χ1v) is 22.1. The minimum atomic E-state index is -1.34. The number of Topliss-reactive ketones (excluding diaryl/α,β-unsaturated/α-hetero) is 1. The van der Waals surface area contributed by atoms with E-state index in [0.29, 0.717) is 11.0 Å². The van der Waals surface area contributed by atoms with Gasteiger partial charge in [0.25, 0.3) is 0 Å². The van der Waals surface area contributed by atoms with Crippen molar-refractivity contribution in [1.82, 2.24) is 4.58 Å². The quantitative estimate of drug-likeness (QED) is 0.0645. The molecule has 0 spiro atoms. The van der Waals surface area contributed by atoms with Gasteiger partial charge in [-0.1, -0.05) is 121 Å². The molecule has 0 amide bonds. The number of fused-ring (bicyclic) bond motifs is 4. The number of phenols is 2. The predicted molar refractivity (Wildman–Crippen MR) is 261 cm³/mol. The van der Waals surface area contributed by atoms with Gasteiger partial charge in [0.05, 0.1) is 34.4 Å². The van der Waals surface area contributed by atoms with E-state index in [4.69, 9.17) is 0 Å². The smallest absolute Gasteiger partial charge is 0.219 e. The van der Waals surface area contributed by atoms with E-state index in [1.54, 1.807) is 0 Å². The van der Waals surface area contributed by atoms with Crippen LogP contribution < -0.4 is 20.5 Å². The van der Waals surface area contributed by atoms with Gasteiger partial charge in [-0.2, -0.15) is 4.58 Å². The second-order valence-electron chi connectivity index (χ2n) is 15.9. The molecule has 2 aliphatic rings. The molecule has 2 aliphatic carbocycles. The first-order valence-electron chi connectivity index (χ1n) is 20.7. The molecule has 9 aromatic rings. The second-order valence-corrected chi connectivity index (χ2v) is 18.2. The number of hydrogen-bond donors (Lipinski definition) is 5. The van der Waals surface area contributed by atoms with E-state index in [2.05, 4.69) is 36.4 Å². The fourth-order valence-electron chi connectivity index (χ4n) is 8.99. The first kappa shape index (κ1) is 38.7. The molecular formula is C56H37NO6P+. The average Bonchev–Trinajstić information content (AvgIpc) is 3.31. The highest BCUT2D eigenvalue weighted by atomic mass is 31.1. The van der Waals surface area contributed by atoms with Crippen molar-refractivity contribution in [2.75, 3.05) is 0 Å². The number of allylic oxidation sites excluding steroid dienone is 4. The van der Waals surface area contributed by atoms with Crippen LogP contribution in [0.2, 0.25) is 0 Å². The van der Waals surface area contributed by atoms with Gasteiger partial charge in [-0.25, -0.2) is 0 Å². The average molecular weight is 851 g/mol. The Morgan fingerprint density at radius 2 is 0.766 bits per heavy atom. The van der Waals surface area contributed by atoms with Crippen molar-refractivity contribution in [3.8, 4) is 11.5 Å². The molecule has 7 nitrogen and oxygen atoms in total. The lowest BCUT2D eigenvalue weighted by Crippen LogP contribution is -2.27. The maximum Gasteiger partial charge on any atom is 0.219 e. The molecule has 0 heterocycles. The summed E-state index contributed by atoms with van der Waals surface area (Å²) in [5, 5.41) is 69.2. The minimum absolute atomic E-state index is 0.239. The topological polar surface area (TPSA) is 121 Å². The van der Waals surface area contributed by atoms with E-state index in [0.717, 1.165) is 65.1 Å². The zero-order valence-electron chi connectivity index (χ0n) is 34.0. The van der Waals surface area contributed by atoms with E-state index in [1.165, 1.54) is 24.3 Å². The van der Waals surface area contributed by atoms with Crippen LogP contribution in [0.4, 0.5) is 11.4 Å². The van der Waals surface area contributed by atoms with Crippen molar-refractivity contribution in [1.29, 1.82) is 0 Å². The molecule has 0 saturated carbocycles. The third-order valence-electron chi connectivity index (χ3n) is 12.1. The maximum atomic E-state index is 14.1. The van der Waals surface area contributed by atoms with Gasteiger partial charge in [-0.3, -0.25) is 4.79 Å². The van der Waals surface area contributed by atoms with Crippen molar-refractivity contribution >= 4 is 95.4 Å². The van der Waals surface area contributed by atoms with Crippen molar-refractivity contribution in [2.45, 2.75) is 0 Å². The van der Waals surface area contributed by atoms with Gasteiger partial charge >= 0.3 is 0 Å². The predicted octanol–water partition coefficient (Wildman–Crippen LogP) is 11.5. The lowest BCUT2D eigenvalue weighted by molar-refractivity contribution is -0.111. The second kappa shape index (κ2) is 15.3. The molecule has 8 heteroatoms. The zero-order valence-corrected chi connectivity index (χ0v) is 34.9. The Bertz CT molecular complexity index is 3440. The number of carbonyl (C=O) groups is 1. The summed E-state index contributed by atoms with van der Waals surface area (Å²) in [5.74, 6) is -3.03. The number of aromatic hydroxyl groups is 2. The van der Waals surface area contributed by atoms with Gasteiger partial charge in [0, 0.05) is 24.3 Å². The van der Waals surface area contributed by atoms with Crippen LogP contribution in [0.5, 0.6) is 11.5 Å². The van der Waals surface area contributed by atoms with Crippen molar-refractivity contribution in [3.05, 3.63) is 228 Å². The molecule has 0 atom stereocenters. The molecule has 306 valence electrons. The fraction of sp³-hybridized carbons (Fsp3) is 0. The van der Waals surface area contributed by atoms with Crippen LogP contribution in [-0.2, 0) is 4.79 Å². The molecule has 0 aromatic heterocycles. The lowest BCUT2D eigenvalue weighted by Gasteiger charge is -2.27. The zero-order chi connectivity index (χ0) is 43.6. The van der Waals surface area contributed by atoms with Crippen molar-refractivity contribution < 1.29 is 30.3 Å². The number of ketones is 1. The molecule has 64 heavy (non-hydrogen) atoms. The molecule has 0 unspecified atom stereocenters. The van der Waals surface area contributed by atoms with E-state index < -0.39 is 42.5 Å². The number of phenolic OH excluding ortho intramolecular Hbond substituents is 2. The number of benzene rings is 9. The summed E-state index contributed by atoms with van der Waals surface area (Å²) >= 11 is 0. The fourth-order valence-corrected chi connectivity index (χ4v) is 11.4. The van der Waals surface area contributed by atoms with E-state index in [1.807, 2.05) is 138 Å². The van der Waals surface area contributed by atoms with Gasteiger partial charge in [-0.05, 0) is 103 Å². The summed E-state index contributed by atoms with van der Waals surface area (Å²) in [6.45, 7) is 0. The van der Waals surface area contributed by atoms with Crippen LogP contribution in [0.15, 0.2) is 223 Å². The van der Waals surface area contributed by atoms with Gasteiger partial charge in [-0.15, -0.1) is 0 Å². The highest BCUT2D eigenvalue weighted by Crippen LogP contribution is 2.48. The molecule has 0 saturated heterocycles. The van der Waals surface area contributed by atoms with Crippen LogP contribution >= 0.6 is 7.92 Å². The number of carbonyl (C=O) groups excluding carboxylic acids is 1. The van der Waals surface area contributed by atoms with Crippen molar-refractivity contribution in [3.63, 3.8) is 0 Å². The summed E-state index contributed by atoms with van der Waals surface area (Å²) < 4.78 is 1.90. The Morgan fingerprint density at radius 3 is 1.19 bits per heavy atom. The maximum absolute atomic E-state index is 14.1. The largest absolute Gasteiger partial charge is 0.507 e. The Balaban J connectivity index is 1.01. The molecule has 11 rings (SSSR count). The molecule has 9 aromatic carbocycles. The molecule has 0 fully saturated rings. The Kier molecular flexibility index (Phi) is 9.23.